The van der Waals surface area contributed by atoms with Crippen molar-refractivity contribution in [2.24, 2.45) is 0 Å². The summed E-state index contributed by atoms with van der Waals surface area (Å²) in [5, 5.41) is 11.0. The molecule has 33 heavy (non-hydrogen) atoms. The number of nitrogens with zero attached hydrogens (tertiary/aromatic N) is 2. The van der Waals surface area contributed by atoms with Crippen LogP contribution in [0.15, 0.2) is 70.2 Å². The SMILES string of the molecule is N#Cc1cccc(NC(=O)CN(Cc2ccco2)S(=O)(=O)c2cc(C(F)(F)F)ccc2Cl)c1. The first-order chi connectivity index (χ1) is 15.5. The minimum Gasteiger partial charge on any atom is -0.468 e. The molecule has 7 nitrogen and oxygen atoms in total. The van der Waals surface area contributed by atoms with Gasteiger partial charge in [-0.3, -0.25) is 4.79 Å². The van der Waals surface area contributed by atoms with Crippen LogP contribution in [0.5, 0.6) is 0 Å². The molecule has 0 aliphatic heterocycles. The summed E-state index contributed by atoms with van der Waals surface area (Å²) in [5.41, 5.74) is -0.698. The number of alkyl halides is 3. The lowest BCUT2D eigenvalue weighted by Gasteiger charge is -2.22. The monoisotopic (exact) mass is 497 g/mol. The first-order valence-corrected chi connectivity index (χ1v) is 11.0. The zero-order chi connectivity index (χ0) is 24.2. The van der Waals surface area contributed by atoms with Crippen LogP contribution < -0.4 is 5.32 Å². The molecule has 0 radical (unpaired) electrons. The Hall–Kier alpha value is -3.33. The summed E-state index contributed by atoms with van der Waals surface area (Å²) in [6.45, 7) is -1.19. The van der Waals surface area contributed by atoms with Gasteiger partial charge >= 0.3 is 6.18 Å². The minimum atomic E-state index is -4.80. The smallest absolute Gasteiger partial charge is 0.416 e. The Bertz CT molecular complexity index is 1300. The second-order valence-electron chi connectivity index (χ2n) is 6.74. The zero-order valence-corrected chi connectivity index (χ0v) is 18.2. The molecule has 0 bridgehead atoms. The molecule has 0 atom stereocenters. The molecule has 12 heteroatoms. The summed E-state index contributed by atoms with van der Waals surface area (Å²) in [6.07, 6.45) is -3.52. The number of carbonyl (C=O) groups is 1. The van der Waals surface area contributed by atoms with Gasteiger partial charge in [-0.25, -0.2) is 8.42 Å². The van der Waals surface area contributed by atoms with Gasteiger partial charge in [0.1, 0.15) is 10.7 Å². The minimum absolute atomic E-state index is 0.154. The molecular weight excluding hydrogens is 483 g/mol. The van der Waals surface area contributed by atoms with Gasteiger partial charge in [-0.15, -0.1) is 0 Å². The summed E-state index contributed by atoms with van der Waals surface area (Å²) in [5.74, 6) is -0.635. The molecule has 0 unspecified atom stereocenters. The third-order valence-electron chi connectivity index (χ3n) is 4.38. The van der Waals surface area contributed by atoms with Gasteiger partial charge in [-0.1, -0.05) is 17.7 Å². The van der Waals surface area contributed by atoms with Crippen molar-refractivity contribution in [1.29, 1.82) is 5.26 Å². The van der Waals surface area contributed by atoms with E-state index in [0.717, 1.165) is 6.07 Å². The quantitative estimate of drug-likeness (QED) is 0.511. The van der Waals surface area contributed by atoms with Crippen LogP contribution in [0, 0.1) is 11.3 Å². The second kappa shape index (κ2) is 9.66. The molecule has 0 fully saturated rings. The maximum atomic E-state index is 13.3. The van der Waals surface area contributed by atoms with Crippen LogP contribution in [0.4, 0.5) is 18.9 Å². The van der Waals surface area contributed by atoms with E-state index >= 15 is 0 Å². The van der Waals surface area contributed by atoms with E-state index in [-0.39, 0.29) is 17.0 Å². The number of nitrogens with one attached hydrogen (secondary N) is 1. The van der Waals surface area contributed by atoms with Crippen molar-refractivity contribution >= 4 is 33.2 Å². The highest BCUT2D eigenvalue weighted by Gasteiger charge is 2.35. The predicted octanol–water partition coefficient (Wildman–Crippen LogP) is 4.65. The van der Waals surface area contributed by atoms with Crippen LogP contribution in [0.2, 0.25) is 5.02 Å². The molecule has 0 saturated heterocycles. The largest absolute Gasteiger partial charge is 0.468 e. The standard InChI is InChI=1S/C21H15ClF3N3O4S/c22-18-7-6-15(21(23,24)25)10-19(18)33(30,31)28(12-17-5-2-8-32-17)13-20(29)27-16-4-1-3-14(9-16)11-26/h1-10H,12-13H2,(H,27,29). The average Bonchev–Trinajstić information content (AvgIpc) is 3.26. The Kier molecular flexibility index (Phi) is 7.12. The van der Waals surface area contributed by atoms with Crippen molar-refractivity contribution in [3.8, 4) is 6.07 Å². The van der Waals surface area contributed by atoms with Gasteiger partial charge in [0.05, 0.1) is 41.6 Å². The van der Waals surface area contributed by atoms with Crippen LogP contribution in [0.1, 0.15) is 16.9 Å². The van der Waals surface area contributed by atoms with Gasteiger partial charge in [0.15, 0.2) is 0 Å². The lowest BCUT2D eigenvalue weighted by Crippen LogP contribution is -2.37. The Morgan fingerprint density at radius 2 is 1.91 bits per heavy atom. The number of halogens is 4. The molecule has 3 rings (SSSR count). The third kappa shape index (κ3) is 5.92. The van der Waals surface area contributed by atoms with Gasteiger partial charge in [0, 0.05) is 5.69 Å². The number of benzene rings is 2. The number of carbonyl (C=O) groups excluding carboxylic acids is 1. The highest BCUT2D eigenvalue weighted by molar-refractivity contribution is 7.89. The van der Waals surface area contributed by atoms with E-state index in [4.69, 9.17) is 21.3 Å². The van der Waals surface area contributed by atoms with E-state index in [1.807, 2.05) is 6.07 Å². The van der Waals surface area contributed by atoms with Crippen LogP contribution in [0.25, 0.3) is 0 Å². The molecule has 2 aromatic carbocycles. The Labute approximate surface area is 192 Å². The predicted molar refractivity (Wildman–Crippen MR) is 113 cm³/mol. The number of furan rings is 1. The summed E-state index contributed by atoms with van der Waals surface area (Å²) < 4.78 is 71.8. The molecule has 1 heterocycles. The van der Waals surface area contributed by atoms with Crippen LogP contribution in [-0.2, 0) is 27.5 Å². The highest BCUT2D eigenvalue weighted by Crippen LogP contribution is 2.34. The van der Waals surface area contributed by atoms with Crippen LogP contribution in [-0.4, -0.2) is 25.2 Å². The zero-order valence-electron chi connectivity index (χ0n) is 16.6. The summed E-state index contributed by atoms with van der Waals surface area (Å²) in [7, 11) is -4.66. The molecule has 1 aromatic heterocycles. The van der Waals surface area contributed by atoms with Gasteiger partial charge < -0.3 is 9.73 Å². The third-order valence-corrected chi connectivity index (χ3v) is 6.66. The highest BCUT2D eigenvalue weighted by atomic mass is 35.5. The Morgan fingerprint density at radius 3 is 2.55 bits per heavy atom. The van der Waals surface area contributed by atoms with Gasteiger partial charge in [-0.05, 0) is 48.5 Å². The molecule has 0 saturated carbocycles. The number of nitriles is 1. The molecule has 3 aromatic rings. The van der Waals surface area contributed by atoms with E-state index in [1.165, 1.54) is 42.7 Å². The molecule has 0 aliphatic carbocycles. The average molecular weight is 498 g/mol. The topological polar surface area (TPSA) is 103 Å². The number of amides is 1. The molecule has 0 aliphatic rings. The van der Waals surface area contributed by atoms with Crippen molar-refractivity contribution in [1.82, 2.24) is 4.31 Å². The van der Waals surface area contributed by atoms with Crippen molar-refractivity contribution in [2.45, 2.75) is 17.6 Å². The maximum Gasteiger partial charge on any atom is 0.416 e. The van der Waals surface area contributed by atoms with Crippen molar-refractivity contribution in [2.75, 3.05) is 11.9 Å². The first kappa shape index (κ1) is 24.3. The summed E-state index contributed by atoms with van der Waals surface area (Å²) in [6, 6.07) is 12.7. The normalized spacial score (nSPS) is 11.9. The van der Waals surface area contributed by atoms with Gasteiger partial charge in [0.2, 0.25) is 15.9 Å². The fourth-order valence-electron chi connectivity index (χ4n) is 2.85. The number of anilines is 1. The van der Waals surface area contributed by atoms with Crippen LogP contribution >= 0.6 is 11.6 Å². The number of hydrogen-bond donors (Lipinski definition) is 1. The lowest BCUT2D eigenvalue weighted by atomic mass is 10.2. The number of hydrogen-bond acceptors (Lipinski definition) is 5. The fourth-order valence-corrected chi connectivity index (χ4v) is 4.71. The fraction of sp³-hybridized carbons (Fsp3) is 0.143. The maximum absolute atomic E-state index is 13.3. The molecule has 1 amide bonds. The summed E-state index contributed by atoms with van der Waals surface area (Å²) in [4.78, 5) is 11.8. The van der Waals surface area contributed by atoms with Crippen molar-refractivity contribution in [3.05, 3.63) is 82.8 Å². The number of sulfonamides is 1. The van der Waals surface area contributed by atoms with Gasteiger partial charge in [-0.2, -0.15) is 22.7 Å². The van der Waals surface area contributed by atoms with E-state index in [0.29, 0.717) is 16.4 Å². The van der Waals surface area contributed by atoms with E-state index in [2.05, 4.69) is 5.32 Å². The lowest BCUT2D eigenvalue weighted by molar-refractivity contribution is -0.137. The van der Waals surface area contributed by atoms with Gasteiger partial charge in [0.25, 0.3) is 0 Å². The second-order valence-corrected chi connectivity index (χ2v) is 9.05. The van der Waals surface area contributed by atoms with E-state index in [9.17, 15) is 26.4 Å². The van der Waals surface area contributed by atoms with Crippen LogP contribution in [0.3, 0.4) is 0 Å². The Balaban J connectivity index is 1.95. The molecule has 0 spiro atoms. The van der Waals surface area contributed by atoms with E-state index in [1.54, 1.807) is 0 Å². The molecule has 1 N–H and O–H groups in total. The Morgan fingerprint density at radius 1 is 1.15 bits per heavy atom. The number of rotatable bonds is 7. The van der Waals surface area contributed by atoms with Crippen molar-refractivity contribution in [3.63, 3.8) is 0 Å². The van der Waals surface area contributed by atoms with E-state index < -0.39 is 50.7 Å². The molecular formula is C21H15ClF3N3O4S. The van der Waals surface area contributed by atoms with Crippen molar-refractivity contribution < 1.29 is 30.8 Å². The first-order valence-electron chi connectivity index (χ1n) is 9.20. The summed E-state index contributed by atoms with van der Waals surface area (Å²) >= 11 is 5.93. The molecule has 172 valence electrons.